The molecule has 4 aliphatic rings. The van der Waals surface area contributed by atoms with Gasteiger partial charge in [-0.2, -0.15) is 4.98 Å². The molecule has 3 N–H and O–H groups in total. The van der Waals surface area contributed by atoms with E-state index < -0.39 is 0 Å². The number of nitrogens with zero attached hydrogens (tertiary/aromatic N) is 4. The number of piperidine rings is 1. The molecular formula is C27H31ClN6O4. The van der Waals surface area contributed by atoms with E-state index >= 15 is 0 Å². The van der Waals surface area contributed by atoms with Gasteiger partial charge in [-0.1, -0.05) is 11.6 Å². The van der Waals surface area contributed by atoms with Gasteiger partial charge < -0.3 is 34.7 Å². The molecule has 0 unspecified atom stereocenters. The molecule has 10 nitrogen and oxygen atoms in total. The topological polar surface area (TPSA) is 114 Å². The summed E-state index contributed by atoms with van der Waals surface area (Å²) in [5.74, 6) is 2.08. The minimum Gasteiger partial charge on any atom is -0.486 e. The van der Waals surface area contributed by atoms with Gasteiger partial charge in [-0.3, -0.25) is 4.79 Å². The van der Waals surface area contributed by atoms with Crippen LogP contribution in [0.15, 0.2) is 29.2 Å². The first-order chi connectivity index (χ1) is 18.5. The molecule has 7 rings (SSSR count). The number of ether oxygens (including phenoxy) is 2. The fraction of sp³-hybridized carbons (Fsp3) is 0.519. The first-order valence-corrected chi connectivity index (χ1v) is 13.7. The lowest BCUT2D eigenvalue weighted by atomic mass is 9.92. The van der Waals surface area contributed by atoms with Crippen LogP contribution in [0.2, 0.25) is 5.02 Å². The Kier molecular flexibility index (Phi) is 5.86. The number of benzene rings is 1. The number of halogens is 1. The second-order valence-corrected chi connectivity index (χ2v) is 11.3. The third-order valence-corrected chi connectivity index (χ3v) is 8.55. The van der Waals surface area contributed by atoms with E-state index in [0.717, 1.165) is 28.7 Å². The minimum absolute atomic E-state index is 0.0226. The van der Waals surface area contributed by atoms with Gasteiger partial charge in [-0.15, -0.1) is 0 Å². The summed E-state index contributed by atoms with van der Waals surface area (Å²) in [5.41, 5.74) is 2.23. The van der Waals surface area contributed by atoms with Crippen LogP contribution < -0.4 is 25.8 Å². The van der Waals surface area contributed by atoms with Crippen LogP contribution >= 0.6 is 11.6 Å². The summed E-state index contributed by atoms with van der Waals surface area (Å²) in [4.78, 5) is 24.6. The second kappa shape index (κ2) is 9.29. The molecule has 200 valence electrons. The van der Waals surface area contributed by atoms with E-state index in [2.05, 4.69) is 20.5 Å². The highest BCUT2D eigenvalue weighted by atomic mass is 35.5. The van der Waals surface area contributed by atoms with E-state index in [1.165, 1.54) is 12.8 Å². The van der Waals surface area contributed by atoms with Gasteiger partial charge >= 0.3 is 0 Å². The maximum absolute atomic E-state index is 13.1. The van der Waals surface area contributed by atoms with Crippen molar-refractivity contribution in [2.45, 2.75) is 56.3 Å². The SMILES string of the molecule is Cn1c(=O)c2c(c3cc(Nc4nc(N5[C@@H]6COC[C@H]5C[C@@H](O)C6)ncc4Cl)ccc31)N[C@@H](C1CC1)CCO2. The highest BCUT2D eigenvalue weighted by Crippen LogP contribution is 2.41. The zero-order valence-electron chi connectivity index (χ0n) is 21.2. The van der Waals surface area contributed by atoms with E-state index in [9.17, 15) is 9.90 Å². The van der Waals surface area contributed by atoms with Gasteiger partial charge in [0.05, 0.1) is 55.4 Å². The lowest BCUT2D eigenvalue weighted by Gasteiger charge is -2.47. The Morgan fingerprint density at radius 3 is 2.74 bits per heavy atom. The Bertz CT molecular complexity index is 1450. The third-order valence-electron chi connectivity index (χ3n) is 8.27. The first-order valence-electron chi connectivity index (χ1n) is 13.4. The van der Waals surface area contributed by atoms with Crippen LogP contribution in [-0.2, 0) is 11.8 Å². The maximum atomic E-state index is 13.1. The van der Waals surface area contributed by atoms with Crippen molar-refractivity contribution in [3.8, 4) is 5.75 Å². The molecule has 2 saturated heterocycles. The number of aliphatic hydroxyl groups is 1. The molecule has 3 aliphatic heterocycles. The summed E-state index contributed by atoms with van der Waals surface area (Å²) in [6, 6.07) is 6.21. The van der Waals surface area contributed by atoms with E-state index in [4.69, 9.17) is 26.1 Å². The van der Waals surface area contributed by atoms with Crippen molar-refractivity contribution in [3.63, 3.8) is 0 Å². The summed E-state index contributed by atoms with van der Waals surface area (Å²) in [6.45, 7) is 1.60. The van der Waals surface area contributed by atoms with Crippen molar-refractivity contribution in [2.24, 2.45) is 13.0 Å². The van der Waals surface area contributed by atoms with Crippen LogP contribution in [0.3, 0.4) is 0 Å². The standard InChI is InChI=1S/C27H31ClN6O4/c1-33-22-5-4-15(8-19(22)23-24(26(33)36)38-7-6-21(31-23)14-2-3-14)30-25-20(28)11-29-27(32-25)34-16-9-18(35)10-17(34)13-37-12-16/h4-5,8,11,14,16-18,21,31,35H,2-3,6-7,9-10,12-13H2,1H3,(H,29,30,32)/t16-,17+,18-,21-/m1/s1. The van der Waals surface area contributed by atoms with Crippen molar-refractivity contribution < 1.29 is 14.6 Å². The highest BCUT2D eigenvalue weighted by molar-refractivity contribution is 6.33. The molecule has 11 heteroatoms. The molecule has 2 bridgehead atoms. The van der Waals surface area contributed by atoms with Crippen molar-refractivity contribution in [2.75, 3.05) is 35.4 Å². The summed E-state index contributed by atoms with van der Waals surface area (Å²) >= 11 is 6.54. The number of aromatic nitrogens is 3. The van der Waals surface area contributed by atoms with Crippen LogP contribution in [0.25, 0.3) is 10.9 Å². The van der Waals surface area contributed by atoms with Gasteiger partial charge in [0, 0.05) is 30.6 Å². The molecule has 1 aromatic carbocycles. The summed E-state index contributed by atoms with van der Waals surface area (Å²) in [6.07, 6.45) is 5.81. The zero-order valence-corrected chi connectivity index (χ0v) is 21.9. The van der Waals surface area contributed by atoms with Crippen LogP contribution in [0.4, 0.5) is 23.1 Å². The lowest BCUT2D eigenvalue weighted by molar-refractivity contribution is 0.000353. The van der Waals surface area contributed by atoms with Crippen molar-refractivity contribution >= 4 is 45.6 Å². The predicted octanol–water partition coefficient (Wildman–Crippen LogP) is 3.43. The van der Waals surface area contributed by atoms with Gasteiger partial charge in [-0.25, -0.2) is 4.98 Å². The molecule has 38 heavy (non-hydrogen) atoms. The van der Waals surface area contributed by atoms with Crippen LogP contribution in [0, 0.1) is 5.92 Å². The summed E-state index contributed by atoms with van der Waals surface area (Å²) < 4.78 is 13.4. The second-order valence-electron chi connectivity index (χ2n) is 10.9. The molecule has 0 spiro atoms. The molecule has 0 radical (unpaired) electrons. The fourth-order valence-corrected chi connectivity index (χ4v) is 6.33. The Hall–Kier alpha value is -3.08. The Balaban J connectivity index is 1.25. The lowest BCUT2D eigenvalue weighted by Crippen LogP contribution is -2.59. The Morgan fingerprint density at radius 1 is 1.18 bits per heavy atom. The molecule has 1 aliphatic carbocycles. The average molecular weight is 539 g/mol. The fourth-order valence-electron chi connectivity index (χ4n) is 6.19. The van der Waals surface area contributed by atoms with Crippen LogP contribution in [-0.4, -0.2) is 63.7 Å². The number of rotatable bonds is 4. The Labute approximate surface area is 224 Å². The number of fused-ring (bicyclic) bond motifs is 5. The zero-order chi connectivity index (χ0) is 26.0. The van der Waals surface area contributed by atoms with E-state index in [1.54, 1.807) is 17.8 Å². The molecular weight excluding hydrogens is 508 g/mol. The monoisotopic (exact) mass is 538 g/mol. The van der Waals surface area contributed by atoms with Crippen molar-refractivity contribution in [1.82, 2.24) is 14.5 Å². The number of hydrogen-bond donors (Lipinski definition) is 3. The summed E-state index contributed by atoms with van der Waals surface area (Å²) in [7, 11) is 1.77. The van der Waals surface area contributed by atoms with Gasteiger partial charge in [0.25, 0.3) is 5.56 Å². The molecule has 0 amide bonds. The van der Waals surface area contributed by atoms with Crippen molar-refractivity contribution in [3.05, 3.63) is 39.8 Å². The van der Waals surface area contributed by atoms with E-state index in [-0.39, 0.29) is 23.7 Å². The highest BCUT2D eigenvalue weighted by Gasteiger charge is 2.40. The van der Waals surface area contributed by atoms with Gasteiger partial charge in [0.2, 0.25) is 11.7 Å². The van der Waals surface area contributed by atoms with E-state index in [0.29, 0.717) is 67.2 Å². The van der Waals surface area contributed by atoms with Gasteiger partial charge in [0.15, 0.2) is 5.82 Å². The number of aryl methyl sites for hydroxylation is 1. The number of anilines is 4. The number of morpholine rings is 1. The Morgan fingerprint density at radius 2 is 1.97 bits per heavy atom. The number of hydrogen-bond acceptors (Lipinski definition) is 9. The number of nitrogens with one attached hydrogen (secondary N) is 2. The summed E-state index contributed by atoms with van der Waals surface area (Å²) in [5, 5.41) is 18.6. The quantitative estimate of drug-likeness (QED) is 0.459. The van der Waals surface area contributed by atoms with E-state index in [1.807, 2.05) is 18.2 Å². The predicted molar refractivity (Wildman–Crippen MR) is 146 cm³/mol. The van der Waals surface area contributed by atoms with Crippen LogP contribution in [0.1, 0.15) is 32.1 Å². The van der Waals surface area contributed by atoms with Gasteiger partial charge in [0.1, 0.15) is 5.02 Å². The van der Waals surface area contributed by atoms with Crippen molar-refractivity contribution in [1.29, 1.82) is 0 Å². The minimum atomic E-state index is -0.337. The average Bonchev–Trinajstić information content (AvgIpc) is 3.75. The molecule has 3 fully saturated rings. The first kappa shape index (κ1) is 24.0. The van der Waals surface area contributed by atoms with Gasteiger partial charge in [-0.05, 0) is 49.8 Å². The maximum Gasteiger partial charge on any atom is 0.295 e. The smallest absolute Gasteiger partial charge is 0.295 e. The molecule has 5 heterocycles. The number of pyridine rings is 1. The number of aliphatic hydroxyl groups excluding tert-OH is 1. The molecule has 1 saturated carbocycles. The molecule has 4 atom stereocenters. The molecule has 2 aromatic heterocycles. The molecule has 3 aromatic rings. The largest absolute Gasteiger partial charge is 0.486 e. The van der Waals surface area contributed by atoms with Crippen LogP contribution in [0.5, 0.6) is 5.75 Å². The normalized spacial score (nSPS) is 26.8. The third kappa shape index (κ3) is 4.15.